The summed E-state index contributed by atoms with van der Waals surface area (Å²) in [5, 5.41) is 0. The predicted octanol–water partition coefficient (Wildman–Crippen LogP) is 1.85. The van der Waals surface area contributed by atoms with E-state index in [2.05, 4.69) is 9.88 Å². The third-order valence-corrected chi connectivity index (χ3v) is 3.17. The Bertz CT molecular complexity index is 595. The van der Waals surface area contributed by atoms with Crippen LogP contribution < -0.4 is 10.6 Å². The van der Waals surface area contributed by atoms with Crippen LogP contribution in [0.4, 0.5) is 5.69 Å². The van der Waals surface area contributed by atoms with Gasteiger partial charge in [0.1, 0.15) is 0 Å². The molecule has 0 saturated carbocycles. The molecule has 1 fully saturated rings. The lowest BCUT2D eigenvalue weighted by atomic mass is 10.1. The topological polar surface area (TPSA) is 51.9 Å². The van der Waals surface area contributed by atoms with Gasteiger partial charge in [0.2, 0.25) is 0 Å². The summed E-state index contributed by atoms with van der Waals surface area (Å²) >= 11 is 0. The Labute approximate surface area is 94.7 Å². The predicted molar refractivity (Wildman–Crippen MR) is 65.0 cm³/mol. The van der Waals surface area contributed by atoms with E-state index in [0.717, 1.165) is 29.3 Å². The van der Waals surface area contributed by atoms with E-state index in [9.17, 15) is 4.79 Å². The van der Waals surface area contributed by atoms with Gasteiger partial charge in [-0.15, -0.1) is 0 Å². The molecule has 1 aromatic heterocycles. The zero-order chi connectivity index (χ0) is 11.8. The molecule has 0 unspecified atom stereocenters. The van der Waals surface area contributed by atoms with E-state index in [1.807, 2.05) is 18.2 Å². The summed E-state index contributed by atoms with van der Waals surface area (Å²) in [4.78, 5) is 17.4. The van der Waals surface area contributed by atoms with Crippen molar-refractivity contribution in [1.29, 1.82) is 0 Å². The fourth-order valence-corrected chi connectivity index (χ4v) is 2.38. The Morgan fingerprint density at radius 1 is 1.25 bits per heavy atom. The molecule has 2 aromatic rings. The second-order valence-electron chi connectivity index (χ2n) is 4.26. The first-order valence-corrected chi connectivity index (χ1v) is 5.75. The highest BCUT2D eigenvalue weighted by molar-refractivity contribution is 5.88. The van der Waals surface area contributed by atoms with Crippen molar-refractivity contribution in [3.63, 3.8) is 0 Å². The van der Waals surface area contributed by atoms with Crippen molar-refractivity contribution in [2.75, 3.05) is 18.0 Å². The Morgan fingerprint density at radius 3 is 2.88 bits per heavy atom. The zero-order valence-corrected chi connectivity index (χ0v) is 9.07. The van der Waals surface area contributed by atoms with E-state index in [4.69, 9.17) is 1.41 Å². The number of rotatable bonds is 1. The van der Waals surface area contributed by atoms with Crippen molar-refractivity contribution >= 4 is 16.7 Å². The highest BCUT2D eigenvalue weighted by Crippen LogP contribution is 2.25. The van der Waals surface area contributed by atoms with Crippen LogP contribution in [0.5, 0.6) is 0 Å². The van der Waals surface area contributed by atoms with E-state index in [1.165, 1.54) is 19.3 Å². The molecule has 0 aliphatic carbocycles. The average Bonchev–Trinajstić information content (AvgIpc) is 2.66. The van der Waals surface area contributed by atoms with Crippen molar-refractivity contribution in [3.8, 4) is 0 Å². The molecule has 1 aliphatic rings. The molecule has 1 saturated heterocycles. The molecule has 4 nitrogen and oxygen atoms in total. The van der Waals surface area contributed by atoms with Crippen molar-refractivity contribution in [3.05, 3.63) is 28.7 Å². The summed E-state index contributed by atoms with van der Waals surface area (Å²) in [6.45, 7) is 2.02. The minimum Gasteiger partial charge on any atom is -0.370 e. The number of para-hydroxylation sites is 1. The summed E-state index contributed by atoms with van der Waals surface area (Å²) < 4.78 is 7.77. The molecular formula is C12H15N3O. The third kappa shape index (κ3) is 1.50. The number of hydrogen-bond donors (Lipinski definition) is 2. The lowest BCUT2D eigenvalue weighted by Gasteiger charge is -2.29. The second kappa shape index (κ2) is 3.70. The van der Waals surface area contributed by atoms with Crippen molar-refractivity contribution in [1.82, 2.24) is 9.96 Å². The number of nitrogens with zero attached hydrogens (tertiary/aromatic N) is 1. The first kappa shape index (κ1) is 8.44. The maximum Gasteiger partial charge on any atom is 0.323 e. The van der Waals surface area contributed by atoms with Crippen LogP contribution in [-0.2, 0) is 0 Å². The third-order valence-electron chi connectivity index (χ3n) is 3.17. The number of nitrogens with one attached hydrogen (secondary N) is 2. The lowest BCUT2D eigenvalue weighted by Crippen LogP contribution is -2.29. The van der Waals surface area contributed by atoms with Gasteiger partial charge in [0.05, 0.1) is 16.7 Å². The molecule has 1 aromatic carbocycles. The molecule has 0 bridgehead atoms. The number of benzene rings is 1. The standard InChI is InChI=1S/C12H15N3O/c16-12-13-9-5-4-6-10(11(9)14-12)15-7-2-1-3-8-15/h4-6H,1-3,7-8H2,(H2,13,14,16)/i/hD. The largest absolute Gasteiger partial charge is 0.370 e. The van der Waals surface area contributed by atoms with Gasteiger partial charge in [-0.1, -0.05) is 6.07 Å². The number of imidazole rings is 1. The van der Waals surface area contributed by atoms with E-state index in [-0.39, 0.29) is 5.69 Å². The van der Waals surface area contributed by atoms with Crippen LogP contribution >= 0.6 is 0 Å². The number of aromatic nitrogens is 2. The summed E-state index contributed by atoms with van der Waals surface area (Å²) in [6, 6.07) is 5.77. The number of aromatic amines is 2. The quantitative estimate of drug-likeness (QED) is 0.767. The summed E-state index contributed by atoms with van der Waals surface area (Å²) in [7, 11) is 0. The highest BCUT2D eigenvalue weighted by atomic mass is 16.1. The monoisotopic (exact) mass is 218 g/mol. The molecule has 2 heterocycles. The Balaban J connectivity index is 2.18. The lowest BCUT2D eigenvalue weighted by molar-refractivity contribution is 0.579. The first-order chi connectivity index (χ1) is 8.27. The fourth-order valence-electron chi connectivity index (χ4n) is 2.38. The van der Waals surface area contributed by atoms with Crippen LogP contribution in [-0.4, -0.2) is 23.1 Å². The van der Waals surface area contributed by atoms with Crippen LogP contribution in [0.15, 0.2) is 23.0 Å². The SMILES string of the molecule is [2H]n1c(=O)[nH]c2cccc(N3CCCCC3)c21. The summed E-state index contributed by atoms with van der Waals surface area (Å²) in [5.41, 5.74) is 2.06. The Morgan fingerprint density at radius 2 is 2.06 bits per heavy atom. The van der Waals surface area contributed by atoms with E-state index in [0.29, 0.717) is 5.52 Å². The van der Waals surface area contributed by atoms with E-state index >= 15 is 0 Å². The normalized spacial score (nSPS) is 17.8. The molecule has 3 rings (SSSR count). The highest BCUT2D eigenvalue weighted by Gasteiger charge is 2.14. The van der Waals surface area contributed by atoms with Crippen LogP contribution in [0.1, 0.15) is 19.3 Å². The molecular weight excluding hydrogens is 202 g/mol. The van der Waals surface area contributed by atoms with Gasteiger partial charge >= 0.3 is 5.69 Å². The molecule has 0 amide bonds. The number of fused-ring (bicyclic) bond motifs is 1. The minimum absolute atomic E-state index is 0.371. The van der Waals surface area contributed by atoms with Gasteiger partial charge in [0.15, 0.2) is 1.41 Å². The van der Waals surface area contributed by atoms with Gasteiger partial charge in [-0.3, -0.25) is 0 Å². The van der Waals surface area contributed by atoms with Gasteiger partial charge in [-0.25, -0.2) is 4.79 Å². The molecule has 0 radical (unpaired) electrons. The summed E-state index contributed by atoms with van der Waals surface area (Å²) in [5.74, 6) is 0. The number of piperidine rings is 1. The molecule has 84 valence electrons. The fraction of sp³-hybridized carbons (Fsp3) is 0.417. The van der Waals surface area contributed by atoms with Crippen LogP contribution in [0.2, 0.25) is 1.41 Å². The van der Waals surface area contributed by atoms with Gasteiger partial charge in [0, 0.05) is 13.1 Å². The number of H-pyrrole nitrogens is 2. The van der Waals surface area contributed by atoms with Crippen molar-refractivity contribution < 1.29 is 1.41 Å². The van der Waals surface area contributed by atoms with Crippen LogP contribution in [0.3, 0.4) is 0 Å². The van der Waals surface area contributed by atoms with Crippen LogP contribution in [0, 0.1) is 0 Å². The molecule has 0 atom stereocenters. The van der Waals surface area contributed by atoms with Crippen molar-refractivity contribution in [2.24, 2.45) is 0 Å². The maximum absolute atomic E-state index is 11.5. The van der Waals surface area contributed by atoms with Gasteiger partial charge in [-0.05, 0) is 31.4 Å². The maximum atomic E-state index is 11.5. The molecule has 0 spiro atoms. The van der Waals surface area contributed by atoms with E-state index < -0.39 is 0 Å². The summed E-state index contributed by atoms with van der Waals surface area (Å²) in [6.07, 6.45) is 3.64. The smallest absolute Gasteiger partial charge is 0.323 e. The molecule has 4 heteroatoms. The average molecular weight is 218 g/mol. The Hall–Kier alpha value is -1.71. The molecule has 2 N–H and O–H groups in total. The van der Waals surface area contributed by atoms with Gasteiger partial charge in [-0.2, -0.15) is 0 Å². The van der Waals surface area contributed by atoms with Crippen LogP contribution in [0.25, 0.3) is 11.0 Å². The molecule has 1 aliphatic heterocycles. The molecule has 16 heavy (non-hydrogen) atoms. The Kier molecular flexibility index (Phi) is 1.95. The number of anilines is 1. The van der Waals surface area contributed by atoms with E-state index in [1.54, 1.807) is 0 Å². The first-order valence-electron chi connectivity index (χ1n) is 6.20. The zero-order valence-electron chi connectivity index (χ0n) is 10.1. The van der Waals surface area contributed by atoms with Gasteiger partial charge in [0.25, 0.3) is 0 Å². The minimum atomic E-state index is -0.371. The van der Waals surface area contributed by atoms with Gasteiger partial charge < -0.3 is 14.9 Å². The van der Waals surface area contributed by atoms with Crippen molar-refractivity contribution in [2.45, 2.75) is 19.3 Å². The number of hydrogen-bond acceptors (Lipinski definition) is 2. The second-order valence-corrected chi connectivity index (χ2v) is 4.26.